The molecule has 8 nitrogen and oxygen atoms in total. The molecule has 0 atom stereocenters. The standard InChI is InChI=1S/C30H29N3O5/c1-3-24(31-30(36)27-5-4-18-38-27)11-6-21(2)28(34)22-7-12-25(13-8-22)32-29(35)23-9-14-26(15-10-23)33-16-19-37-20-17-33/h3-15,18H,2,16-17,19-20H2,1H3,(H,31,36)(H,32,35)/b11-6-,24-3+. The summed E-state index contributed by atoms with van der Waals surface area (Å²) in [5.74, 6) is -0.716. The summed E-state index contributed by atoms with van der Waals surface area (Å²) < 4.78 is 10.5. The van der Waals surface area contributed by atoms with Crippen LogP contribution in [0.5, 0.6) is 0 Å². The number of carbonyl (C=O) groups is 3. The number of nitrogens with one attached hydrogen (secondary N) is 2. The van der Waals surface area contributed by atoms with Crippen LogP contribution in [0.3, 0.4) is 0 Å². The van der Waals surface area contributed by atoms with E-state index in [-0.39, 0.29) is 23.0 Å². The van der Waals surface area contributed by atoms with E-state index in [1.807, 2.05) is 12.1 Å². The van der Waals surface area contributed by atoms with Gasteiger partial charge in [0.1, 0.15) is 0 Å². The molecule has 1 aliphatic heterocycles. The van der Waals surface area contributed by atoms with E-state index in [0.717, 1.165) is 18.8 Å². The second kappa shape index (κ2) is 12.5. The van der Waals surface area contributed by atoms with Gasteiger partial charge in [-0.25, -0.2) is 0 Å². The molecule has 2 N–H and O–H groups in total. The molecule has 0 spiro atoms. The highest BCUT2D eigenvalue weighted by Gasteiger charge is 2.14. The molecule has 1 aromatic heterocycles. The van der Waals surface area contributed by atoms with Crippen molar-refractivity contribution in [3.63, 3.8) is 0 Å². The number of carbonyl (C=O) groups excluding carboxylic acids is 3. The number of rotatable bonds is 9. The lowest BCUT2D eigenvalue weighted by Gasteiger charge is -2.28. The number of furan rings is 1. The van der Waals surface area contributed by atoms with Gasteiger partial charge in [-0.15, -0.1) is 0 Å². The van der Waals surface area contributed by atoms with Crippen molar-refractivity contribution in [3.05, 3.63) is 120 Å². The number of amides is 2. The molecule has 0 radical (unpaired) electrons. The van der Waals surface area contributed by atoms with E-state index < -0.39 is 5.91 Å². The molecule has 2 heterocycles. The first-order valence-electron chi connectivity index (χ1n) is 12.2. The molecule has 2 amide bonds. The Morgan fingerprint density at radius 1 is 0.895 bits per heavy atom. The average Bonchev–Trinajstić information content (AvgIpc) is 3.51. The van der Waals surface area contributed by atoms with Gasteiger partial charge in [-0.3, -0.25) is 14.4 Å². The number of hydrogen-bond acceptors (Lipinski definition) is 6. The molecule has 0 unspecified atom stereocenters. The van der Waals surface area contributed by atoms with Crippen LogP contribution in [0.15, 0.2) is 107 Å². The van der Waals surface area contributed by atoms with Crippen LogP contribution in [0, 0.1) is 0 Å². The number of anilines is 2. The van der Waals surface area contributed by atoms with E-state index in [2.05, 4.69) is 22.1 Å². The summed E-state index contributed by atoms with van der Waals surface area (Å²) in [6.45, 7) is 8.67. The average molecular weight is 512 g/mol. The Morgan fingerprint density at radius 2 is 1.58 bits per heavy atom. The molecule has 4 rings (SSSR count). The predicted molar refractivity (Wildman–Crippen MR) is 146 cm³/mol. The minimum atomic E-state index is -0.393. The Morgan fingerprint density at radius 3 is 2.21 bits per heavy atom. The number of nitrogens with zero attached hydrogens (tertiary/aromatic N) is 1. The molecule has 8 heteroatoms. The zero-order valence-corrected chi connectivity index (χ0v) is 21.1. The lowest BCUT2D eigenvalue weighted by molar-refractivity contribution is 0.0938. The van der Waals surface area contributed by atoms with Crippen molar-refractivity contribution in [1.82, 2.24) is 5.32 Å². The molecule has 2 aromatic carbocycles. The summed E-state index contributed by atoms with van der Waals surface area (Å²) in [5.41, 5.74) is 3.34. The number of hydrogen-bond donors (Lipinski definition) is 2. The van der Waals surface area contributed by atoms with Crippen molar-refractivity contribution in [2.45, 2.75) is 6.92 Å². The lowest BCUT2D eigenvalue weighted by Crippen LogP contribution is -2.36. The van der Waals surface area contributed by atoms with Gasteiger partial charge in [0, 0.05) is 46.9 Å². The zero-order chi connectivity index (χ0) is 26.9. The van der Waals surface area contributed by atoms with Gasteiger partial charge in [-0.05, 0) is 79.7 Å². The maximum Gasteiger partial charge on any atom is 0.291 e. The highest BCUT2D eigenvalue weighted by Crippen LogP contribution is 2.19. The number of ketones is 1. The van der Waals surface area contributed by atoms with Crippen LogP contribution in [0.4, 0.5) is 11.4 Å². The summed E-state index contributed by atoms with van der Waals surface area (Å²) in [6.07, 6.45) is 6.25. The summed E-state index contributed by atoms with van der Waals surface area (Å²) in [6, 6.07) is 17.3. The van der Waals surface area contributed by atoms with E-state index >= 15 is 0 Å². The highest BCUT2D eigenvalue weighted by molar-refractivity contribution is 6.10. The molecular weight excluding hydrogens is 482 g/mol. The molecule has 3 aromatic rings. The Hall–Kier alpha value is -4.69. The largest absolute Gasteiger partial charge is 0.459 e. The second-order valence-corrected chi connectivity index (χ2v) is 8.54. The van der Waals surface area contributed by atoms with Crippen LogP contribution in [0.1, 0.15) is 38.2 Å². The lowest BCUT2D eigenvalue weighted by atomic mass is 10.0. The molecule has 194 valence electrons. The maximum absolute atomic E-state index is 12.8. The van der Waals surface area contributed by atoms with Crippen LogP contribution in [-0.4, -0.2) is 43.9 Å². The van der Waals surface area contributed by atoms with Crippen molar-refractivity contribution in [2.75, 3.05) is 36.5 Å². The monoisotopic (exact) mass is 511 g/mol. The first-order chi connectivity index (χ1) is 18.4. The van der Waals surface area contributed by atoms with Crippen LogP contribution in [0.2, 0.25) is 0 Å². The summed E-state index contributed by atoms with van der Waals surface area (Å²) in [4.78, 5) is 39.9. The third-order valence-corrected chi connectivity index (χ3v) is 5.98. The van der Waals surface area contributed by atoms with Gasteiger partial charge < -0.3 is 24.7 Å². The predicted octanol–water partition coefficient (Wildman–Crippen LogP) is 5.00. The van der Waals surface area contributed by atoms with Crippen molar-refractivity contribution in [3.8, 4) is 0 Å². The normalized spacial score (nSPS) is 13.8. The van der Waals surface area contributed by atoms with E-state index in [4.69, 9.17) is 9.15 Å². The van der Waals surface area contributed by atoms with Gasteiger partial charge in [0.2, 0.25) is 0 Å². The SMILES string of the molecule is C=C(/C=C\C(=C/C)NC(=O)c1ccco1)C(=O)c1ccc(NC(=O)c2ccc(N3CCOCC3)cc2)cc1. The van der Waals surface area contributed by atoms with E-state index in [0.29, 0.717) is 35.7 Å². The number of allylic oxidation sites excluding steroid dienone is 4. The minimum Gasteiger partial charge on any atom is -0.459 e. The highest BCUT2D eigenvalue weighted by atomic mass is 16.5. The van der Waals surface area contributed by atoms with E-state index in [1.165, 1.54) is 12.3 Å². The van der Waals surface area contributed by atoms with Gasteiger partial charge in [-0.1, -0.05) is 12.7 Å². The van der Waals surface area contributed by atoms with E-state index in [9.17, 15) is 14.4 Å². The third kappa shape index (κ3) is 6.74. The van der Waals surface area contributed by atoms with Crippen LogP contribution >= 0.6 is 0 Å². The van der Waals surface area contributed by atoms with E-state index in [1.54, 1.807) is 67.6 Å². The summed E-state index contributed by atoms with van der Waals surface area (Å²) in [5, 5.41) is 5.56. The van der Waals surface area contributed by atoms with Crippen molar-refractivity contribution >= 4 is 29.0 Å². The summed E-state index contributed by atoms with van der Waals surface area (Å²) >= 11 is 0. The number of morpholine rings is 1. The quantitative estimate of drug-likeness (QED) is 0.238. The molecule has 1 aliphatic rings. The molecule has 0 saturated carbocycles. The molecule has 0 bridgehead atoms. The number of ether oxygens (including phenoxy) is 1. The van der Waals surface area contributed by atoms with Crippen molar-refractivity contribution in [1.29, 1.82) is 0 Å². The molecule has 1 saturated heterocycles. The Balaban J connectivity index is 1.31. The fourth-order valence-electron chi connectivity index (χ4n) is 3.82. The van der Waals surface area contributed by atoms with Crippen molar-refractivity contribution in [2.24, 2.45) is 0 Å². The maximum atomic E-state index is 12.8. The van der Waals surface area contributed by atoms with Gasteiger partial charge >= 0.3 is 0 Å². The number of Topliss-reactive ketones (excluding diaryl/α,β-unsaturated/α-hetero) is 1. The number of benzene rings is 2. The Kier molecular flexibility index (Phi) is 8.69. The topological polar surface area (TPSA) is 101 Å². The minimum absolute atomic E-state index is 0.185. The van der Waals surface area contributed by atoms with Gasteiger partial charge in [0.15, 0.2) is 11.5 Å². The first kappa shape index (κ1) is 26.4. The van der Waals surface area contributed by atoms with Crippen molar-refractivity contribution < 1.29 is 23.5 Å². The Bertz CT molecular complexity index is 1350. The van der Waals surface area contributed by atoms with Crippen LogP contribution < -0.4 is 15.5 Å². The zero-order valence-electron chi connectivity index (χ0n) is 21.1. The molecular formula is C30H29N3O5. The fraction of sp³-hybridized carbons (Fsp3) is 0.167. The van der Waals surface area contributed by atoms with Gasteiger partial charge in [-0.2, -0.15) is 0 Å². The smallest absolute Gasteiger partial charge is 0.291 e. The van der Waals surface area contributed by atoms with Crippen LogP contribution in [0.25, 0.3) is 0 Å². The fourth-order valence-corrected chi connectivity index (χ4v) is 3.82. The third-order valence-electron chi connectivity index (χ3n) is 5.98. The molecule has 0 aliphatic carbocycles. The van der Waals surface area contributed by atoms with Gasteiger partial charge in [0.05, 0.1) is 19.5 Å². The molecule has 1 fully saturated rings. The van der Waals surface area contributed by atoms with Crippen LogP contribution in [-0.2, 0) is 4.74 Å². The second-order valence-electron chi connectivity index (χ2n) is 8.54. The first-order valence-corrected chi connectivity index (χ1v) is 12.2. The van der Waals surface area contributed by atoms with Gasteiger partial charge in [0.25, 0.3) is 11.8 Å². The molecule has 38 heavy (non-hydrogen) atoms. The Labute approximate surface area is 221 Å². The summed E-state index contributed by atoms with van der Waals surface area (Å²) in [7, 11) is 0.